The minimum absolute atomic E-state index is 0.260. The molecule has 0 atom stereocenters. The van der Waals surface area contributed by atoms with Crippen molar-refractivity contribution in [3.63, 3.8) is 0 Å². The lowest BCUT2D eigenvalue weighted by Crippen LogP contribution is -2.53. The molecular formula is C31H36N6O. The summed E-state index contributed by atoms with van der Waals surface area (Å²) in [5.41, 5.74) is 4.76. The lowest BCUT2D eigenvalue weighted by atomic mass is 10.2. The molecule has 0 saturated carbocycles. The van der Waals surface area contributed by atoms with Crippen molar-refractivity contribution in [2.24, 2.45) is 0 Å². The van der Waals surface area contributed by atoms with E-state index in [4.69, 9.17) is 4.98 Å². The zero-order valence-electron chi connectivity index (χ0n) is 22.0. The fourth-order valence-corrected chi connectivity index (χ4v) is 5.64. The molecule has 2 fully saturated rings. The Morgan fingerprint density at radius 2 is 1.29 bits per heavy atom. The van der Waals surface area contributed by atoms with Crippen LogP contribution in [0.15, 0.2) is 84.9 Å². The Bertz CT molecular complexity index is 1340. The number of nitrogens with zero attached hydrogens (tertiary/aromatic N) is 6. The minimum atomic E-state index is 0.260. The van der Waals surface area contributed by atoms with Gasteiger partial charge in [-0.1, -0.05) is 60.7 Å². The molecule has 3 heterocycles. The molecule has 6 rings (SSSR count). The third-order valence-corrected chi connectivity index (χ3v) is 7.86. The van der Waals surface area contributed by atoms with E-state index >= 15 is 0 Å². The van der Waals surface area contributed by atoms with Crippen molar-refractivity contribution >= 4 is 22.6 Å². The van der Waals surface area contributed by atoms with Crippen LogP contribution in [0.5, 0.6) is 0 Å². The first-order chi connectivity index (χ1) is 18.7. The van der Waals surface area contributed by atoms with Crippen LogP contribution in [0.3, 0.4) is 0 Å². The highest BCUT2D eigenvalue weighted by molar-refractivity contribution is 5.78. The van der Waals surface area contributed by atoms with Crippen LogP contribution >= 0.6 is 0 Å². The lowest BCUT2D eigenvalue weighted by Gasteiger charge is -2.38. The Morgan fingerprint density at radius 3 is 2.03 bits per heavy atom. The van der Waals surface area contributed by atoms with E-state index < -0.39 is 0 Å². The fourth-order valence-electron chi connectivity index (χ4n) is 5.64. The quantitative estimate of drug-likeness (QED) is 0.382. The van der Waals surface area contributed by atoms with Gasteiger partial charge in [-0.15, -0.1) is 0 Å². The molecule has 38 heavy (non-hydrogen) atoms. The molecule has 0 aliphatic carbocycles. The Balaban J connectivity index is 1.02. The van der Waals surface area contributed by atoms with Gasteiger partial charge in [0, 0.05) is 64.6 Å². The fraction of sp³-hybridized carbons (Fsp3) is 0.355. The summed E-state index contributed by atoms with van der Waals surface area (Å²) >= 11 is 0. The van der Waals surface area contributed by atoms with Gasteiger partial charge >= 0.3 is 0 Å². The topological polar surface area (TPSA) is 47.9 Å². The third kappa shape index (κ3) is 5.59. The summed E-state index contributed by atoms with van der Waals surface area (Å²) in [5.74, 6) is 1.37. The SMILES string of the molecule is O=C(CN1CCN(Cc2nc3ccccc3n2Cc2ccccc2)CC1)N1CCN(c2ccccc2)CC1. The van der Waals surface area contributed by atoms with Crippen molar-refractivity contribution in [1.82, 2.24) is 24.3 Å². The van der Waals surface area contributed by atoms with E-state index in [9.17, 15) is 4.79 Å². The largest absolute Gasteiger partial charge is 0.368 e. The molecular weight excluding hydrogens is 472 g/mol. The summed E-state index contributed by atoms with van der Waals surface area (Å²) in [4.78, 5) is 27.2. The van der Waals surface area contributed by atoms with Crippen molar-refractivity contribution in [1.29, 1.82) is 0 Å². The van der Waals surface area contributed by atoms with Gasteiger partial charge in [0.15, 0.2) is 0 Å². The first-order valence-electron chi connectivity index (χ1n) is 13.7. The first-order valence-corrected chi connectivity index (χ1v) is 13.7. The van der Waals surface area contributed by atoms with Gasteiger partial charge < -0.3 is 14.4 Å². The first kappa shape index (κ1) is 24.6. The molecule has 1 aromatic heterocycles. The Morgan fingerprint density at radius 1 is 0.658 bits per heavy atom. The second kappa shape index (κ2) is 11.4. The number of rotatable bonds is 7. The number of fused-ring (bicyclic) bond motifs is 1. The Kier molecular flexibility index (Phi) is 7.38. The third-order valence-electron chi connectivity index (χ3n) is 7.86. The van der Waals surface area contributed by atoms with Crippen molar-refractivity contribution in [3.8, 4) is 0 Å². The maximum Gasteiger partial charge on any atom is 0.236 e. The number of amides is 1. The molecule has 2 aliphatic rings. The van der Waals surface area contributed by atoms with Gasteiger partial charge in [0.1, 0.15) is 5.82 Å². The van der Waals surface area contributed by atoms with Gasteiger partial charge in [-0.2, -0.15) is 0 Å². The molecule has 7 nitrogen and oxygen atoms in total. The zero-order chi connectivity index (χ0) is 25.7. The standard InChI is InChI=1S/C31H36N6O/c38-31(36-21-19-35(20-22-36)27-11-5-2-6-12-27)25-34-17-15-33(16-18-34)24-30-32-28-13-7-8-14-29(28)37(30)23-26-9-3-1-4-10-26/h1-14H,15-25H2. The van der Waals surface area contributed by atoms with Crippen LogP contribution in [0.1, 0.15) is 11.4 Å². The van der Waals surface area contributed by atoms with E-state index in [1.165, 1.54) is 16.8 Å². The van der Waals surface area contributed by atoms with E-state index in [0.29, 0.717) is 6.54 Å². The predicted molar refractivity (Wildman–Crippen MR) is 152 cm³/mol. The Hall–Kier alpha value is -3.68. The number of para-hydroxylation sites is 3. The summed E-state index contributed by atoms with van der Waals surface area (Å²) < 4.78 is 2.36. The number of hydrogen-bond acceptors (Lipinski definition) is 5. The van der Waals surface area contributed by atoms with E-state index in [0.717, 1.165) is 76.8 Å². The molecule has 2 saturated heterocycles. The summed E-state index contributed by atoms with van der Waals surface area (Å²) in [6, 6.07) is 29.5. The molecule has 0 N–H and O–H groups in total. The molecule has 3 aromatic carbocycles. The summed E-state index contributed by atoms with van der Waals surface area (Å²) in [6.45, 7) is 9.27. The highest BCUT2D eigenvalue weighted by Gasteiger charge is 2.25. The second-order valence-electron chi connectivity index (χ2n) is 10.3. The van der Waals surface area contributed by atoms with Crippen LogP contribution in [-0.4, -0.2) is 89.1 Å². The summed E-state index contributed by atoms with van der Waals surface area (Å²) in [7, 11) is 0. The molecule has 0 radical (unpaired) electrons. The van der Waals surface area contributed by atoms with Crippen LogP contribution < -0.4 is 4.90 Å². The maximum absolute atomic E-state index is 13.0. The van der Waals surface area contributed by atoms with Gasteiger partial charge in [-0.3, -0.25) is 14.6 Å². The zero-order valence-corrected chi connectivity index (χ0v) is 22.0. The molecule has 0 spiro atoms. The Labute approximate surface area is 224 Å². The average Bonchev–Trinajstić information content (AvgIpc) is 3.31. The minimum Gasteiger partial charge on any atom is -0.368 e. The predicted octanol–water partition coefficient (Wildman–Crippen LogP) is 3.55. The number of piperazine rings is 2. The van der Waals surface area contributed by atoms with Crippen LogP contribution in [0.4, 0.5) is 5.69 Å². The number of benzene rings is 3. The number of anilines is 1. The summed E-state index contributed by atoms with van der Waals surface area (Å²) in [5, 5.41) is 0. The molecule has 2 aliphatic heterocycles. The van der Waals surface area contributed by atoms with Crippen molar-refractivity contribution in [2.75, 3.05) is 63.8 Å². The monoisotopic (exact) mass is 508 g/mol. The number of imidazole rings is 1. The van der Waals surface area contributed by atoms with Crippen LogP contribution in [0, 0.1) is 0 Å². The van der Waals surface area contributed by atoms with Crippen molar-refractivity contribution in [3.05, 3.63) is 96.3 Å². The van der Waals surface area contributed by atoms with Gasteiger partial charge in [-0.25, -0.2) is 4.98 Å². The number of carbonyl (C=O) groups excluding carboxylic acids is 1. The van der Waals surface area contributed by atoms with Gasteiger partial charge in [-0.05, 0) is 29.8 Å². The van der Waals surface area contributed by atoms with Crippen LogP contribution in [-0.2, 0) is 17.9 Å². The van der Waals surface area contributed by atoms with E-state index in [1.807, 2.05) is 11.0 Å². The number of aromatic nitrogens is 2. The second-order valence-corrected chi connectivity index (χ2v) is 10.3. The smallest absolute Gasteiger partial charge is 0.236 e. The van der Waals surface area contributed by atoms with E-state index in [1.54, 1.807) is 0 Å². The van der Waals surface area contributed by atoms with Crippen LogP contribution in [0.2, 0.25) is 0 Å². The normalized spacial score (nSPS) is 17.3. The van der Waals surface area contributed by atoms with E-state index in [-0.39, 0.29) is 5.91 Å². The molecule has 0 unspecified atom stereocenters. The molecule has 7 heteroatoms. The van der Waals surface area contributed by atoms with Gasteiger partial charge in [0.25, 0.3) is 0 Å². The van der Waals surface area contributed by atoms with E-state index in [2.05, 4.69) is 98.1 Å². The maximum atomic E-state index is 13.0. The number of carbonyl (C=O) groups is 1. The number of hydrogen-bond donors (Lipinski definition) is 0. The molecule has 1 amide bonds. The van der Waals surface area contributed by atoms with Gasteiger partial charge in [0.05, 0.1) is 24.1 Å². The molecule has 196 valence electrons. The molecule has 4 aromatic rings. The molecule has 0 bridgehead atoms. The van der Waals surface area contributed by atoms with Crippen LogP contribution in [0.25, 0.3) is 11.0 Å². The lowest BCUT2D eigenvalue weighted by molar-refractivity contribution is -0.133. The highest BCUT2D eigenvalue weighted by Crippen LogP contribution is 2.20. The highest BCUT2D eigenvalue weighted by atomic mass is 16.2. The van der Waals surface area contributed by atoms with Gasteiger partial charge in [0.2, 0.25) is 5.91 Å². The summed E-state index contributed by atoms with van der Waals surface area (Å²) in [6.07, 6.45) is 0. The van der Waals surface area contributed by atoms with Crippen molar-refractivity contribution in [2.45, 2.75) is 13.1 Å². The van der Waals surface area contributed by atoms with Crippen molar-refractivity contribution < 1.29 is 4.79 Å². The average molecular weight is 509 g/mol.